The van der Waals surface area contributed by atoms with Crippen LogP contribution in [0.5, 0.6) is 0 Å². The zero-order valence-electron chi connectivity index (χ0n) is 12.8. The lowest BCUT2D eigenvalue weighted by atomic mass is 10.2. The van der Waals surface area contributed by atoms with Crippen LogP contribution in [0.3, 0.4) is 0 Å². The van der Waals surface area contributed by atoms with Gasteiger partial charge in [0.15, 0.2) is 11.2 Å². The molecule has 1 aliphatic heterocycles. The first-order valence-corrected chi connectivity index (χ1v) is 8.80. The van der Waals surface area contributed by atoms with Gasteiger partial charge in [-0.3, -0.25) is 9.59 Å². The molecule has 0 saturated carbocycles. The van der Waals surface area contributed by atoms with Gasteiger partial charge in [0.1, 0.15) is 0 Å². The summed E-state index contributed by atoms with van der Waals surface area (Å²) in [7, 11) is 0. The molecule has 4 rings (SSSR count). The number of carbonyl (C=O) groups excluding carboxylic acids is 1. The maximum atomic E-state index is 12.6. The van der Waals surface area contributed by atoms with Crippen molar-refractivity contribution in [3.05, 3.63) is 52.6 Å². The number of amides is 1. The van der Waals surface area contributed by atoms with Crippen LogP contribution in [0, 0.1) is 0 Å². The minimum absolute atomic E-state index is 0.114. The summed E-state index contributed by atoms with van der Waals surface area (Å²) >= 11 is 1.82. The largest absolute Gasteiger partial charge is 0.336 e. The normalized spacial score (nSPS) is 14.9. The van der Waals surface area contributed by atoms with E-state index in [4.69, 9.17) is 0 Å². The summed E-state index contributed by atoms with van der Waals surface area (Å²) in [6, 6.07) is 9.48. The zero-order valence-corrected chi connectivity index (χ0v) is 13.6. The lowest BCUT2D eigenvalue weighted by molar-refractivity contribution is 0.0768. The quantitative estimate of drug-likeness (QED) is 0.759. The number of carbonyl (C=O) groups is 1. The summed E-state index contributed by atoms with van der Waals surface area (Å²) in [5.74, 6) is 1.57. The van der Waals surface area contributed by atoms with Crippen molar-refractivity contribution in [2.24, 2.45) is 0 Å². The third-order valence-corrected chi connectivity index (χ3v) is 4.94. The number of benzene rings is 1. The molecule has 3 heterocycles. The van der Waals surface area contributed by atoms with Gasteiger partial charge in [-0.1, -0.05) is 35.5 Å². The lowest BCUT2D eigenvalue weighted by Gasteiger charge is -2.25. The molecular weight excluding hydrogens is 326 g/mol. The number of aromatic nitrogens is 4. The Kier molecular flexibility index (Phi) is 3.81. The van der Waals surface area contributed by atoms with Crippen LogP contribution in [-0.4, -0.2) is 55.2 Å². The van der Waals surface area contributed by atoms with E-state index in [1.165, 1.54) is 4.52 Å². The molecule has 0 atom stereocenters. The standard InChI is InChI=1S/C16H15N5O2S/c22-15-14-13(16(23)20-6-8-24-9-7-20)18-19-21(14)10-12(17-15)11-4-2-1-3-5-11/h1-5,10H,6-9H2,(H,17,22). The lowest BCUT2D eigenvalue weighted by Crippen LogP contribution is -2.38. The molecule has 0 bridgehead atoms. The van der Waals surface area contributed by atoms with E-state index < -0.39 is 0 Å². The van der Waals surface area contributed by atoms with E-state index >= 15 is 0 Å². The van der Waals surface area contributed by atoms with Crippen LogP contribution in [0.15, 0.2) is 41.3 Å². The monoisotopic (exact) mass is 341 g/mol. The minimum atomic E-state index is -0.365. The second kappa shape index (κ2) is 6.12. The molecule has 1 N–H and O–H groups in total. The van der Waals surface area contributed by atoms with Gasteiger partial charge < -0.3 is 9.88 Å². The highest BCUT2D eigenvalue weighted by atomic mass is 32.2. The minimum Gasteiger partial charge on any atom is -0.336 e. The molecule has 2 aromatic heterocycles. The average Bonchev–Trinajstić information content (AvgIpc) is 3.07. The molecule has 1 fully saturated rings. The average molecular weight is 341 g/mol. The number of nitrogens with zero attached hydrogens (tertiary/aromatic N) is 4. The third kappa shape index (κ3) is 2.58. The molecule has 3 aromatic rings. The summed E-state index contributed by atoms with van der Waals surface area (Å²) in [5.41, 5.74) is 1.44. The Morgan fingerprint density at radius 3 is 2.67 bits per heavy atom. The topological polar surface area (TPSA) is 83.4 Å². The molecule has 1 amide bonds. The second-order valence-electron chi connectivity index (χ2n) is 5.50. The molecule has 0 unspecified atom stereocenters. The highest BCUT2D eigenvalue weighted by molar-refractivity contribution is 7.99. The van der Waals surface area contributed by atoms with Crippen LogP contribution in [0.4, 0.5) is 0 Å². The second-order valence-corrected chi connectivity index (χ2v) is 6.72. The SMILES string of the molecule is O=C(c1nnn2cc(-c3ccccc3)[nH]c(=O)c12)N1CCSCC1. The fraction of sp³-hybridized carbons (Fsp3) is 0.250. The molecule has 0 aliphatic carbocycles. The first kappa shape index (κ1) is 14.9. The first-order chi connectivity index (χ1) is 11.7. The summed E-state index contributed by atoms with van der Waals surface area (Å²) in [6.07, 6.45) is 1.68. The fourth-order valence-electron chi connectivity index (χ4n) is 2.76. The fourth-order valence-corrected chi connectivity index (χ4v) is 3.66. The maximum absolute atomic E-state index is 12.6. The van der Waals surface area contributed by atoms with Crippen molar-refractivity contribution < 1.29 is 4.79 Å². The van der Waals surface area contributed by atoms with Crippen molar-refractivity contribution in [1.29, 1.82) is 0 Å². The van der Waals surface area contributed by atoms with Crippen LogP contribution < -0.4 is 5.56 Å². The van der Waals surface area contributed by atoms with Gasteiger partial charge in [-0.25, -0.2) is 4.52 Å². The highest BCUT2D eigenvalue weighted by Gasteiger charge is 2.25. The molecular formula is C16H15N5O2S. The van der Waals surface area contributed by atoms with Gasteiger partial charge in [-0.05, 0) is 5.56 Å². The predicted octanol–water partition coefficient (Wildman–Crippen LogP) is 1.27. The molecule has 0 spiro atoms. The molecule has 1 aliphatic rings. The van der Waals surface area contributed by atoms with E-state index in [1.54, 1.807) is 11.1 Å². The number of thioether (sulfide) groups is 1. The summed E-state index contributed by atoms with van der Waals surface area (Å²) < 4.78 is 1.38. The number of rotatable bonds is 2. The number of fused-ring (bicyclic) bond motifs is 1. The Balaban J connectivity index is 1.77. The smallest absolute Gasteiger partial charge is 0.276 e. The maximum Gasteiger partial charge on any atom is 0.276 e. The van der Waals surface area contributed by atoms with E-state index in [9.17, 15) is 9.59 Å². The van der Waals surface area contributed by atoms with E-state index in [0.717, 1.165) is 17.1 Å². The molecule has 24 heavy (non-hydrogen) atoms. The van der Waals surface area contributed by atoms with Crippen molar-refractivity contribution in [2.75, 3.05) is 24.6 Å². The number of H-pyrrole nitrogens is 1. The Morgan fingerprint density at radius 2 is 1.92 bits per heavy atom. The van der Waals surface area contributed by atoms with E-state index in [0.29, 0.717) is 18.8 Å². The predicted molar refractivity (Wildman–Crippen MR) is 92.3 cm³/mol. The van der Waals surface area contributed by atoms with Gasteiger partial charge in [-0.15, -0.1) is 5.10 Å². The molecule has 122 valence electrons. The Hall–Kier alpha value is -2.61. The van der Waals surface area contributed by atoms with Gasteiger partial charge >= 0.3 is 0 Å². The summed E-state index contributed by atoms with van der Waals surface area (Å²) in [6.45, 7) is 1.34. The first-order valence-electron chi connectivity index (χ1n) is 7.65. The summed E-state index contributed by atoms with van der Waals surface area (Å²) in [4.78, 5) is 29.7. The Labute approximate surface area is 141 Å². The molecule has 8 heteroatoms. The van der Waals surface area contributed by atoms with Gasteiger partial charge in [0.05, 0.1) is 11.9 Å². The van der Waals surface area contributed by atoms with Crippen LogP contribution in [0.25, 0.3) is 16.8 Å². The molecule has 7 nitrogen and oxygen atoms in total. The van der Waals surface area contributed by atoms with E-state index in [1.807, 2.05) is 42.1 Å². The Bertz CT molecular complexity index is 944. The van der Waals surface area contributed by atoms with E-state index in [2.05, 4.69) is 15.3 Å². The summed E-state index contributed by atoms with van der Waals surface area (Å²) in [5, 5.41) is 7.94. The van der Waals surface area contributed by atoms with Crippen molar-refractivity contribution in [2.45, 2.75) is 0 Å². The van der Waals surface area contributed by atoms with Crippen LogP contribution >= 0.6 is 11.8 Å². The van der Waals surface area contributed by atoms with Gasteiger partial charge in [0.2, 0.25) is 0 Å². The number of nitrogens with one attached hydrogen (secondary N) is 1. The van der Waals surface area contributed by atoms with Crippen molar-refractivity contribution in [3.63, 3.8) is 0 Å². The van der Waals surface area contributed by atoms with Gasteiger partial charge in [-0.2, -0.15) is 11.8 Å². The van der Waals surface area contributed by atoms with Crippen molar-refractivity contribution in [1.82, 2.24) is 24.7 Å². The van der Waals surface area contributed by atoms with Gasteiger partial charge in [0.25, 0.3) is 11.5 Å². The molecule has 1 aromatic carbocycles. The highest BCUT2D eigenvalue weighted by Crippen LogP contribution is 2.17. The third-order valence-electron chi connectivity index (χ3n) is 3.99. The van der Waals surface area contributed by atoms with Crippen LogP contribution in [-0.2, 0) is 0 Å². The zero-order chi connectivity index (χ0) is 16.5. The van der Waals surface area contributed by atoms with Crippen molar-refractivity contribution >= 4 is 23.2 Å². The number of aromatic amines is 1. The van der Waals surface area contributed by atoms with E-state index in [-0.39, 0.29) is 22.7 Å². The van der Waals surface area contributed by atoms with Crippen LogP contribution in [0.1, 0.15) is 10.5 Å². The number of hydrogen-bond acceptors (Lipinski definition) is 5. The Morgan fingerprint density at radius 1 is 1.17 bits per heavy atom. The number of hydrogen-bond donors (Lipinski definition) is 1. The van der Waals surface area contributed by atoms with Gasteiger partial charge in [0, 0.05) is 24.6 Å². The molecule has 0 radical (unpaired) electrons. The van der Waals surface area contributed by atoms with Crippen LogP contribution in [0.2, 0.25) is 0 Å². The molecule has 1 saturated heterocycles. The van der Waals surface area contributed by atoms with Crippen molar-refractivity contribution in [3.8, 4) is 11.3 Å².